The van der Waals surface area contributed by atoms with E-state index >= 15 is 0 Å². The topological polar surface area (TPSA) is 55.4 Å². The number of hydrogen-bond acceptors (Lipinski definition) is 3. The lowest BCUT2D eigenvalue weighted by Crippen LogP contribution is -2.06. The number of amides is 1. The van der Waals surface area contributed by atoms with Gasteiger partial charge in [0.1, 0.15) is 5.75 Å². The fourth-order valence-corrected chi connectivity index (χ4v) is 2.72. The number of halogens is 1. The number of benzene rings is 2. The van der Waals surface area contributed by atoms with Crippen LogP contribution in [-0.2, 0) is 4.79 Å². The summed E-state index contributed by atoms with van der Waals surface area (Å²) < 4.78 is 6.03. The Balaban J connectivity index is 2.04. The quantitative estimate of drug-likeness (QED) is 0.673. The summed E-state index contributed by atoms with van der Waals surface area (Å²) in [6, 6.07) is 12.4. The molecule has 2 aromatic rings. The molecule has 1 heterocycles. The minimum atomic E-state index is -0.281. The molecule has 0 aromatic heterocycles. The summed E-state index contributed by atoms with van der Waals surface area (Å²) in [5.41, 5.74) is 2.19. The zero-order valence-electron chi connectivity index (χ0n) is 11.7. The molecular formula is C17H12BrNO3. The second-order valence-electron chi connectivity index (χ2n) is 4.77. The van der Waals surface area contributed by atoms with Gasteiger partial charge in [-0.3, -0.25) is 9.59 Å². The zero-order valence-corrected chi connectivity index (χ0v) is 13.3. The molecule has 5 heteroatoms. The summed E-state index contributed by atoms with van der Waals surface area (Å²) in [7, 11) is 1.51. The van der Waals surface area contributed by atoms with Crippen LogP contribution < -0.4 is 10.1 Å². The Morgan fingerprint density at radius 3 is 2.77 bits per heavy atom. The minimum Gasteiger partial charge on any atom is -0.496 e. The van der Waals surface area contributed by atoms with E-state index in [0.29, 0.717) is 28.1 Å². The third kappa shape index (κ3) is 2.55. The highest BCUT2D eigenvalue weighted by molar-refractivity contribution is 9.10. The van der Waals surface area contributed by atoms with E-state index in [2.05, 4.69) is 21.2 Å². The van der Waals surface area contributed by atoms with Gasteiger partial charge in [0.25, 0.3) is 5.91 Å². The number of para-hydroxylation sites is 1. The van der Waals surface area contributed by atoms with Crippen molar-refractivity contribution in [3.05, 3.63) is 64.1 Å². The molecule has 4 nitrogen and oxygen atoms in total. The van der Waals surface area contributed by atoms with Crippen molar-refractivity contribution in [2.24, 2.45) is 0 Å². The van der Waals surface area contributed by atoms with E-state index in [9.17, 15) is 9.59 Å². The lowest BCUT2D eigenvalue weighted by atomic mass is 10.0. The Kier molecular flexibility index (Phi) is 3.81. The van der Waals surface area contributed by atoms with Gasteiger partial charge in [-0.05, 0) is 36.4 Å². The van der Waals surface area contributed by atoms with E-state index in [1.165, 1.54) is 13.2 Å². The molecule has 0 unspecified atom stereocenters. The Morgan fingerprint density at radius 1 is 1.23 bits per heavy atom. The number of ether oxygens (including phenoxy) is 1. The molecule has 0 spiro atoms. The van der Waals surface area contributed by atoms with Crippen molar-refractivity contribution >= 4 is 38.9 Å². The largest absolute Gasteiger partial charge is 0.496 e. The number of fused-ring (bicyclic) bond motifs is 1. The van der Waals surface area contributed by atoms with Crippen molar-refractivity contribution in [2.75, 3.05) is 12.4 Å². The van der Waals surface area contributed by atoms with Gasteiger partial charge in [-0.25, -0.2) is 0 Å². The van der Waals surface area contributed by atoms with Gasteiger partial charge in [0, 0.05) is 15.7 Å². The van der Waals surface area contributed by atoms with Crippen LogP contribution >= 0.6 is 15.9 Å². The summed E-state index contributed by atoms with van der Waals surface area (Å²) >= 11 is 3.38. The van der Waals surface area contributed by atoms with E-state index in [4.69, 9.17) is 4.74 Å². The smallest absolute Gasteiger partial charge is 0.256 e. The maximum atomic E-state index is 12.5. The maximum Gasteiger partial charge on any atom is 0.256 e. The lowest BCUT2D eigenvalue weighted by Gasteiger charge is -2.05. The molecule has 1 amide bonds. The number of hydrogen-bond donors (Lipinski definition) is 1. The van der Waals surface area contributed by atoms with Gasteiger partial charge in [0.2, 0.25) is 0 Å². The first-order valence-electron chi connectivity index (χ1n) is 6.60. The molecule has 3 rings (SSSR count). The van der Waals surface area contributed by atoms with Crippen LogP contribution in [0.15, 0.2) is 53.0 Å². The van der Waals surface area contributed by atoms with Gasteiger partial charge in [-0.2, -0.15) is 0 Å². The Morgan fingerprint density at radius 2 is 2.00 bits per heavy atom. The number of methoxy groups -OCH3 is 1. The predicted octanol–water partition coefficient (Wildman–Crippen LogP) is 3.68. The summed E-state index contributed by atoms with van der Waals surface area (Å²) in [6.07, 6.45) is 1.35. The van der Waals surface area contributed by atoms with Crippen molar-refractivity contribution in [2.45, 2.75) is 0 Å². The van der Waals surface area contributed by atoms with Crippen molar-refractivity contribution in [3.8, 4) is 5.75 Å². The van der Waals surface area contributed by atoms with Crippen LogP contribution in [0, 0.1) is 0 Å². The van der Waals surface area contributed by atoms with Crippen molar-refractivity contribution in [1.29, 1.82) is 0 Å². The van der Waals surface area contributed by atoms with Gasteiger partial charge >= 0.3 is 0 Å². The number of carbonyl (C=O) groups is 2. The molecular weight excluding hydrogens is 346 g/mol. The fourth-order valence-electron chi connectivity index (χ4n) is 2.36. The summed E-state index contributed by atoms with van der Waals surface area (Å²) in [6.45, 7) is 0. The molecule has 110 valence electrons. The van der Waals surface area contributed by atoms with Crippen LogP contribution in [-0.4, -0.2) is 18.8 Å². The first-order valence-corrected chi connectivity index (χ1v) is 7.40. The van der Waals surface area contributed by atoms with Gasteiger partial charge < -0.3 is 10.1 Å². The molecule has 1 aliphatic heterocycles. The predicted molar refractivity (Wildman–Crippen MR) is 88.1 cm³/mol. The zero-order chi connectivity index (χ0) is 15.7. The number of allylic oxidation sites excluding steroid dienone is 1. The molecule has 0 bridgehead atoms. The van der Waals surface area contributed by atoms with Crippen LogP contribution in [0.5, 0.6) is 5.75 Å². The van der Waals surface area contributed by atoms with Crippen LogP contribution in [0.2, 0.25) is 0 Å². The normalized spacial score (nSPS) is 14.6. The van der Waals surface area contributed by atoms with E-state index in [1.54, 1.807) is 30.3 Å². The Labute approximate surface area is 135 Å². The second kappa shape index (κ2) is 5.77. The Hall–Kier alpha value is -2.40. The molecule has 1 N–H and O–H groups in total. The van der Waals surface area contributed by atoms with Crippen molar-refractivity contribution in [3.63, 3.8) is 0 Å². The lowest BCUT2D eigenvalue weighted by molar-refractivity contribution is -0.110. The average molecular weight is 358 g/mol. The van der Waals surface area contributed by atoms with E-state index in [-0.39, 0.29) is 11.7 Å². The first-order chi connectivity index (χ1) is 10.6. The number of ketones is 1. The molecule has 0 saturated carbocycles. The van der Waals surface area contributed by atoms with Crippen LogP contribution in [0.4, 0.5) is 5.69 Å². The van der Waals surface area contributed by atoms with Gasteiger partial charge in [-0.15, -0.1) is 0 Å². The number of carbonyl (C=O) groups excluding carboxylic acids is 2. The van der Waals surface area contributed by atoms with E-state index in [0.717, 1.165) is 4.47 Å². The van der Waals surface area contributed by atoms with Gasteiger partial charge in [0.15, 0.2) is 5.78 Å². The average Bonchev–Trinajstić information content (AvgIpc) is 2.83. The fraction of sp³-hybridized carbons (Fsp3) is 0.0588. The summed E-state index contributed by atoms with van der Waals surface area (Å²) in [5, 5.41) is 2.75. The van der Waals surface area contributed by atoms with Crippen molar-refractivity contribution < 1.29 is 14.3 Å². The van der Waals surface area contributed by atoms with E-state index < -0.39 is 0 Å². The highest BCUT2D eigenvalue weighted by atomic mass is 79.9. The molecule has 0 fully saturated rings. The van der Waals surface area contributed by atoms with Gasteiger partial charge in [0.05, 0.1) is 18.2 Å². The number of rotatable bonds is 3. The molecule has 2 aromatic carbocycles. The summed E-state index contributed by atoms with van der Waals surface area (Å²) in [5.74, 6) is -0.0657. The SMILES string of the molecule is COc1ccccc1C(=O)C=C1C(=O)Nc2ccc(Br)cc21. The van der Waals surface area contributed by atoms with Crippen molar-refractivity contribution in [1.82, 2.24) is 0 Å². The molecule has 0 aliphatic carbocycles. The molecule has 1 aliphatic rings. The first kappa shape index (κ1) is 14.5. The third-order valence-electron chi connectivity index (χ3n) is 3.41. The van der Waals surface area contributed by atoms with E-state index in [1.807, 2.05) is 12.1 Å². The monoisotopic (exact) mass is 357 g/mol. The van der Waals surface area contributed by atoms with Gasteiger partial charge in [-0.1, -0.05) is 28.1 Å². The summed E-state index contributed by atoms with van der Waals surface area (Å²) in [4.78, 5) is 24.6. The molecule has 0 saturated heterocycles. The highest BCUT2D eigenvalue weighted by Gasteiger charge is 2.25. The molecule has 22 heavy (non-hydrogen) atoms. The third-order valence-corrected chi connectivity index (χ3v) is 3.91. The highest BCUT2D eigenvalue weighted by Crippen LogP contribution is 2.34. The number of anilines is 1. The standard InChI is InChI=1S/C17H12BrNO3/c1-22-16-5-3-2-4-11(16)15(20)9-13-12-8-10(18)6-7-14(12)19-17(13)21/h2-9H,1H3,(H,19,21). The molecule has 0 radical (unpaired) electrons. The molecule has 0 atom stereocenters. The second-order valence-corrected chi connectivity index (χ2v) is 5.68. The number of nitrogens with one attached hydrogen (secondary N) is 1. The Bertz CT molecular complexity index is 811. The van der Waals surface area contributed by atoms with Crippen LogP contribution in [0.1, 0.15) is 15.9 Å². The van der Waals surface area contributed by atoms with Crippen LogP contribution in [0.25, 0.3) is 5.57 Å². The van der Waals surface area contributed by atoms with Crippen LogP contribution in [0.3, 0.4) is 0 Å². The maximum absolute atomic E-state index is 12.5. The minimum absolute atomic E-state index is 0.268.